The van der Waals surface area contributed by atoms with Gasteiger partial charge in [0.2, 0.25) is 20.0 Å². The first-order chi connectivity index (χ1) is 16.0. The highest BCUT2D eigenvalue weighted by Gasteiger charge is 2.28. The monoisotopic (exact) mass is 503 g/mol. The number of nitrogens with one attached hydrogen (secondary N) is 1. The van der Waals surface area contributed by atoms with Crippen LogP contribution in [0.2, 0.25) is 0 Å². The average Bonchev–Trinajstić information content (AvgIpc) is 3.17. The number of aromatic nitrogens is 2. The van der Waals surface area contributed by atoms with E-state index in [1.165, 1.54) is 28.9 Å². The van der Waals surface area contributed by atoms with Gasteiger partial charge in [0.05, 0.1) is 22.0 Å². The Balaban J connectivity index is 1.84. The molecule has 0 aliphatic heterocycles. The van der Waals surface area contributed by atoms with E-state index >= 15 is 0 Å². The number of benzene rings is 2. The van der Waals surface area contributed by atoms with Crippen molar-refractivity contribution >= 4 is 31.6 Å². The van der Waals surface area contributed by atoms with Gasteiger partial charge in [-0.1, -0.05) is 19.4 Å². The molecule has 10 nitrogen and oxygen atoms in total. The summed E-state index contributed by atoms with van der Waals surface area (Å²) < 4.78 is 52.2. The van der Waals surface area contributed by atoms with Crippen molar-refractivity contribution in [2.75, 3.05) is 10.5 Å². The Morgan fingerprint density at radius 1 is 1.09 bits per heavy atom. The number of aryl methyl sites for hydroxylation is 1. The number of carbonyl (C=O) groups is 1. The molecule has 0 fully saturated rings. The van der Waals surface area contributed by atoms with Crippen LogP contribution in [0.3, 0.4) is 0 Å². The lowest BCUT2D eigenvalue weighted by Crippen LogP contribution is -2.17. The molecule has 5 N–H and O–H groups in total. The number of hydrogen-bond donors (Lipinski definition) is 3. The van der Waals surface area contributed by atoms with Crippen LogP contribution in [0, 0.1) is 0 Å². The molecule has 0 saturated carbocycles. The van der Waals surface area contributed by atoms with Gasteiger partial charge in [-0.05, 0) is 61.2 Å². The van der Waals surface area contributed by atoms with E-state index in [1.807, 2.05) is 13.0 Å². The van der Waals surface area contributed by atoms with Crippen molar-refractivity contribution in [3.63, 3.8) is 0 Å². The quantitative estimate of drug-likeness (QED) is 0.424. The second-order valence-electron chi connectivity index (χ2n) is 8.14. The molecule has 180 valence electrons. The summed E-state index contributed by atoms with van der Waals surface area (Å²) in [6.07, 6.45) is 2.46. The second-order valence-corrected chi connectivity index (χ2v) is 11.5. The summed E-state index contributed by atoms with van der Waals surface area (Å²) in [4.78, 5) is 12.1. The summed E-state index contributed by atoms with van der Waals surface area (Å²) >= 11 is 0. The minimum atomic E-state index is -3.87. The fourth-order valence-electron chi connectivity index (χ4n) is 4.03. The van der Waals surface area contributed by atoms with E-state index in [0.717, 1.165) is 12.0 Å². The van der Waals surface area contributed by atoms with E-state index in [2.05, 4.69) is 9.82 Å². The number of sulfonamides is 2. The lowest BCUT2D eigenvalue weighted by Gasteiger charge is -2.20. The van der Waals surface area contributed by atoms with E-state index < -0.39 is 26.0 Å². The smallest absolute Gasteiger partial charge is 0.269 e. The third-order valence-electron chi connectivity index (χ3n) is 5.68. The predicted molar refractivity (Wildman–Crippen MR) is 129 cm³/mol. The molecule has 1 amide bonds. The molecule has 4 rings (SSSR count). The molecule has 1 aromatic heterocycles. The van der Waals surface area contributed by atoms with Gasteiger partial charge in [0, 0.05) is 16.8 Å². The first-order valence-corrected chi connectivity index (χ1v) is 13.9. The summed E-state index contributed by atoms with van der Waals surface area (Å²) in [6, 6.07) is 11.0. The number of nitrogens with two attached hydrogens (primary N) is 2. The molecular weight excluding hydrogens is 478 g/mol. The van der Waals surface area contributed by atoms with Gasteiger partial charge in [0.15, 0.2) is 5.69 Å². The maximum absolute atomic E-state index is 12.4. The Kier molecular flexibility index (Phi) is 6.23. The van der Waals surface area contributed by atoms with Gasteiger partial charge in [-0.15, -0.1) is 0 Å². The van der Waals surface area contributed by atoms with Crippen LogP contribution in [0.5, 0.6) is 0 Å². The first-order valence-electron chi connectivity index (χ1n) is 10.7. The highest BCUT2D eigenvalue weighted by Crippen LogP contribution is 2.38. The van der Waals surface area contributed by atoms with E-state index in [-0.39, 0.29) is 16.3 Å². The molecule has 12 heteroatoms. The number of anilines is 1. The maximum Gasteiger partial charge on any atom is 0.269 e. The Hall–Kier alpha value is -3.22. The number of primary amides is 1. The predicted octanol–water partition coefficient (Wildman–Crippen LogP) is 1.93. The third kappa shape index (κ3) is 4.69. The Labute approximate surface area is 198 Å². The summed E-state index contributed by atoms with van der Waals surface area (Å²) in [7, 11) is -7.38. The molecular formula is C22H25N5O5S2. The zero-order valence-electron chi connectivity index (χ0n) is 18.5. The zero-order valence-corrected chi connectivity index (χ0v) is 20.1. The van der Waals surface area contributed by atoms with E-state index in [4.69, 9.17) is 10.9 Å². The fourth-order valence-corrected chi connectivity index (χ4v) is 5.80. The SMILES string of the molecule is CCCCS(=O)(=O)Nc1ccc2c(c1)-c1c(c(C(N)=O)nn1-c1ccc(S(N)(=O)=O)cc1)CC2. The largest absolute Gasteiger partial charge is 0.364 e. The molecule has 0 bridgehead atoms. The van der Waals surface area contributed by atoms with Crippen LogP contribution >= 0.6 is 0 Å². The second kappa shape index (κ2) is 8.85. The van der Waals surface area contributed by atoms with Gasteiger partial charge in [-0.25, -0.2) is 26.7 Å². The highest BCUT2D eigenvalue weighted by atomic mass is 32.2. The molecule has 0 saturated heterocycles. The minimum absolute atomic E-state index is 0.0198. The van der Waals surface area contributed by atoms with Crippen LogP contribution in [0.25, 0.3) is 16.9 Å². The van der Waals surface area contributed by atoms with Gasteiger partial charge < -0.3 is 5.73 Å². The van der Waals surface area contributed by atoms with Crippen LogP contribution in [0.15, 0.2) is 47.4 Å². The van der Waals surface area contributed by atoms with Crippen LogP contribution < -0.4 is 15.6 Å². The number of carbonyl (C=O) groups excluding carboxylic acids is 1. The van der Waals surface area contributed by atoms with Crippen LogP contribution in [0.4, 0.5) is 5.69 Å². The van der Waals surface area contributed by atoms with Gasteiger partial charge in [0.25, 0.3) is 5.91 Å². The molecule has 1 aliphatic rings. The first kappa shape index (κ1) is 23.9. The Morgan fingerprint density at radius 2 is 1.79 bits per heavy atom. The van der Waals surface area contributed by atoms with E-state index in [0.29, 0.717) is 47.5 Å². The van der Waals surface area contributed by atoms with Gasteiger partial charge in [0.1, 0.15) is 0 Å². The van der Waals surface area contributed by atoms with Crippen molar-refractivity contribution in [3.05, 3.63) is 59.3 Å². The summed E-state index contributed by atoms with van der Waals surface area (Å²) in [5.41, 5.74) is 9.54. The number of fused-ring (bicyclic) bond motifs is 3. The lowest BCUT2D eigenvalue weighted by molar-refractivity contribution is 0.0994. The van der Waals surface area contributed by atoms with Crippen molar-refractivity contribution in [2.45, 2.75) is 37.5 Å². The van der Waals surface area contributed by atoms with Gasteiger partial charge in [-0.2, -0.15) is 5.10 Å². The van der Waals surface area contributed by atoms with Crippen molar-refractivity contribution in [3.8, 4) is 16.9 Å². The van der Waals surface area contributed by atoms with Crippen molar-refractivity contribution < 1.29 is 21.6 Å². The topological polar surface area (TPSA) is 167 Å². The van der Waals surface area contributed by atoms with Crippen LogP contribution in [-0.2, 0) is 32.9 Å². The molecule has 0 radical (unpaired) electrons. The summed E-state index contributed by atoms with van der Waals surface area (Å²) in [5.74, 6) is -0.664. The zero-order chi connectivity index (χ0) is 24.7. The molecule has 1 aliphatic carbocycles. The summed E-state index contributed by atoms with van der Waals surface area (Å²) in [5, 5.41) is 9.61. The molecule has 34 heavy (non-hydrogen) atoms. The van der Waals surface area contributed by atoms with E-state index in [1.54, 1.807) is 12.1 Å². The van der Waals surface area contributed by atoms with E-state index in [9.17, 15) is 21.6 Å². The number of nitrogens with zero attached hydrogens (tertiary/aromatic N) is 2. The molecule has 0 spiro atoms. The lowest BCUT2D eigenvalue weighted by atomic mass is 9.88. The molecule has 2 aromatic carbocycles. The van der Waals surface area contributed by atoms with Gasteiger partial charge >= 0.3 is 0 Å². The number of unbranched alkanes of at least 4 members (excludes halogenated alkanes) is 1. The molecule has 3 aromatic rings. The minimum Gasteiger partial charge on any atom is -0.364 e. The van der Waals surface area contributed by atoms with Gasteiger partial charge in [-0.3, -0.25) is 9.52 Å². The Bertz CT molecular complexity index is 1480. The number of amides is 1. The molecule has 1 heterocycles. The normalized spacial score (nSPS) is 13.2. The fraction of sp³-hybridized carbons (Fsp3) is 0.273. The maximum atomic E-state index is 12.4. The van der Waals surface area contributed by atoms with Crippen molar-refractivity contribution in [1.82, 2.24) is 9.78 Å². The van der Waals surface area contributed by atoms with Crippen LogP contribution in [0.1, 0.15) is 41.4 Å². The van der Waals surface area contributed by atoms with Crippen molar-refractivity contribution in [1.29, 1.82) is 0 Å². The third-order valence-corrected chi connectivity index (χ3v) is 7.98. The standard InChI is InChI=1S/C22H25N5O5S2/c1-2-3-12-33(29,30)26-15-6-4-14-5-11-18-20(22(23)28)25-27(21(18)19(14)13-15)16-7-9-17(10-8-16)34(24,31)32/h4,6-10,13,26H,2-3,5,11-12H2,1H3,(H2,23,28)(H2,24,31,32). The Morgan fingerprint density at radius 3 is 2.41 bits per heavy atom. The number of primary sulfonamides is 1. The average molecular weight is 504 g/mol. The number of rotatable bonds is 8. The van der Waals surface area contributed by atoms with Crippen LogP contribution in [-0.4, -0.2) is 38.3 Å². The molecule has 0 unspecified atom stereocenters. The van der Waals surface area contributed by atoms with Crippen molar-refractivity contribution in [2.24, 2.45) is 10.9 Å². The summed E-state index contributed by atoms with van der Waals surface area (Å²) in [6.45, 7) is 1.92. The molecule has 0 atom stereocenters. The number of hydrogen-bond acceptors (Lipinski definition) is 6. The highest BCUT2D eigenvalue weighted by molar-refractivity contribution is 7.92.